The van der Waals surface area contributed by atoms with E-state index in [2.05, 4.69) is 4.90 Å². The zero-order valence-electron chi connectivity index (χ0n) is 12.2. The second kappa shape index (κ2) is 6.58. The Kier molecular flexibility index (Phi) is 4.80. The number of rotatable bonds is 4. The average molecular weight is 291 g/mol. The Morgan fingerprint density at radius 2 is 1.90 bits per heavy atom. The lowest BCUT2D eigenvalue weighted by atomic mass is 10.1. The van der Waals surface area contributed by atoms with Gasteiger partial charge in [-0.2, -0.15) is 0 Å². The molecular weight excluding hydrogens is 270 g/mol. The third-order valence-corrected chi connectivity index (χ3v) is 3.91. The van der Waals surface area contributed by atoms with E-state index in [1.165, 1.54) is 0 Å². The first-order valence-electron chi connectivity index (χ1n) is 7.07. The van der Waals surface area contributed by atoms with Crippen molar-refractivity contribution in [2.75, 3.05) is 38.5 Å². The van der Waals surface area contributed by atoms with E-state index < -0.39 is 5.97 Å². The normalized spacial score (nSPS) is 16.0. The van der Waals surface area contributed by atoms with Gasteiger partial charge in [0.1, 0.15) is 0 Å². The fourth-order valence-corrected chi connectivity index (χ4v) is 2.48. The zero-order chi connectivity index (χ0) is 15.4. The van der Waals surface area contributed by atoms with Crippen LogP contribution in [-0.4, -0.2) is 59.5 Å². The van der Waals surface area contributed by atoms with E-state index in [-0.39, 0.29) is 12.3 Å². The highest BCUT2D eigenvalue weighted by Crippen LogP contribution is 2.18. The minimum absolute atomic E-state index is 0.00214. The van der Waals surface area contributed by atoms with E-state index in [0.29, 0.717) is 44.0 Å². The monoisotopic (exact) mass is 291 g/mol. The quantitative estimate of drug-likeness (QED) is 0.802. The van der Waals surface area contributed by atoms with Gasteiger partial charge in [0.15, 0.2) is 0 Å². The third-order valence-electron chi connectivity index (χ3n) is 3.91. The number of anilines is 1. The second-order valence-electron chi connectivity index (χ2n) is 5.30. The standard InChI is InChI=1S/C15H21N3O3/c1-11-12(3-2-4-13(11)16)15(21)18-9-7-17(8-10-18)6-5-14(19)20/h2-4H,5-10,16H2,1H3,(H,19,20). The van der Waals surface area contributed by atoms with Crippen LogP contribution in [0.15, 0.2) is 18.2 Å². The lowest BCUT2D eigenvalue weighted by molar-refractivity contribution is -0.137. The molecule has 0 aromatic heterocycles. The predicted octanol–water partition coefficient (Wildman–Crippen LogP) is 0.810. The van der Waals surface area contributed by atoms with Crippen LogP contribution >= 0.6 is 0 Å². The molecule has 3 N–H and O–H groups in total. The van der Waals surface area contributed by atoms with E-state index in [1.807, 2.05) is 6.92 Å². The number of carboxylic acids is 1. The fraction of sp³-hybridized carbons (Fsp3) is 0.467. The van der Waals surface area contributed by atoms with Crippen molar-refractivity contribution >= 4 is 17.6 Å². The maximum absolute atomic E-state index is 12.5. The van der Waals surface area contributed by atoms with Crippen molar-refractivity contribution in [1.29, 1.82) is 0 Å². The highest BCUT2D eigenvalue weighted by Gasteiger charge is 2.23. The molecule has 1 heterocycles. The summed E-state index contributed by atoms with van der Waals surface area (Å²) in [6.45, 7) is 5.04. The number of carbonyl (C=O) groups excluding carboxylic acids is 1. The summed E-state index contributed by atoms with van der Waals surface area (Å²) in [5.74, 6) is -0.790. The van der Waals surface area contributed by atoms with E-state index in [9.17, 15) is 9.59 Å². The van der Waals surface area contributed by atoms with E-state index in [4.69, 9.17) is 10.8 Å². The largest absolute Gasteiger partial charge is 0.481 e. The Morgan fingerprint density at radius 1 is 1.24 bits per heavy atom. The Morgan fingerprint density at radius 3 is 2.52 bits per heavy atom. The molecule has 1 aliphatic rings. The molecule has 0 atom stereocenters. The first-order valence-corrected chi connectivity index (χ1v) is 7.07. The number of nitrogen functional groups attached to an aromatic ring is 1. The van der Waals surface area contributed by atoms with Crippen LogP contribution in [0.4, 0.5) is 5.69 Å². The number of carboxylic acid groups (broad SMARTS) is 1. The van der Waals surface area contributed by atoms with Gasteiger partial charge in [0.05, 0.1) is 6.42 Å². The molecule has 1 aromatic carbocycles. The van der Waals surface area contributed by atoms with Gasteiger partial charge in [-0.3, -0.25) is 14.5 Å². The minimum Gasteiger partial charge on any atom is -0.481 e. The van der Waals surface area contributed by atoms with Crippen LogP contribution in [0, 0.1) is 6.92 Å². The Labute approximate surface area is 124 Å². The van der Waals surface area contributed by atoms with Gasteiger partial charge in [-0.25, -0.2) is 0 Å². The van der Waals surface area contributed by atoms with Crippen molar-refractivity contribution < 1.29 is 14.7 Å². The Bertz CT molecular complexity index is 537. The van der Waals surface area contributed by atoms with Gasteiger partial charge < -0.3 is 15.7 Å². The predicted molar refractivity (Wildman–Crippen MR) is 80.2 cm³/mol. The van der Waals surface area contributed by atoms with Gasteiger partial charge in [-0.1, -0.05) is 6.07 Å². The van der Waals surface area contributed by atoms with Gasteiger partial charge in [-0.05, 0) is 24.6 Å². The minimum atomic E-state index is -0.788. The topological polar surface area (TPSA) is 86.9 Å². The second-order valence-corrected chi connectivity index (χ2v) is 5.30. The number of carbonyl (C=O) groups is 2. The number of amides is 1. The SMILES string of the molecule is Cc1c(N)cccc1C(=O)N1CCN(CCC(=O)O)CC1. The van der Waals surface area contributed by atoms with Crippen molar-refractivity contribution in [2.45, 2.75) is 13.3 Å². The van der Waals surface area contributed by atoms with E-state index in [1.54, 1.807) is 23.1 Å². The third kappa shape index (κ3) is 3.72. The lowest BCUT2D eigenvalue weighted by Gasteiger charge is -2.34. The molecule has 0 saturated carbocycles. The maximum Gasteiger partial charge on any atom is 0.304 e. The molecule has 0 aliphatic carbocycles. The van der Waals surface area contributed by atoms with Crippen LogP contribution in [0.2, 0.25) is 0 Å². The van der Waals surface area contributed by atoms with Gasteiger partial charge in [0, 0.05) is 44.0 Å². The number of nitrogens with zero attached hydrogens (tertiary/aromatic N) is 2. The van der Waals surface area contributed by atoms with Crippen molar-refractivity contribution in [3.05, 3.63) is 29.3 Å². The summed E-state index contributed by atoms with van der Waals surface area (Å²) in [5, 5.41) is 8.69. The van der Waals surface area contributed by atoms with Gasteiger partial charge in [-0.15, -0.1) is 0 Å². The summed E-state index contributed by atoms with van der Waals surface area (Å²) in [6.07, 6.45) is 0.141. The van der Waals surface area contributed by atoms with E-state index >= 15 is 0 Å². The van der Waals surface area contributed by atoms with Crippen LogP contribution in [0.5, 0.6) is 0 Å². The molecule has 1 fully saturated rings. The van der Waals surface area contributed by atoms with Crippen molar-refractivity contribution in [3.8, 4) is 0 Å². The average Bonchev–Trinajstić information content (AvgIpc) is 2.48. The van der Waals surface area contributed by atoms with Crippen LogP contribution in [0.3, 0.4) is 0 Å². The summed E-state index contributed by atoms with van der Waals surface area (Å²) in [7, 11) is 0. The molecule has 1 aliphatic heterocycles. The summed E-state index contributed by atoms with van der Waals surface area (Å²) in [6, 6.07) is 5.37. The highest BCUT2D eigenvalue weighted by molar-refractivity contribution is 5.97. The van der Waals surface area contributed by atoms with Crippen LogP contribution < -0.4 is 5.73 Å². The van der Waals surface area contributed by atoms with Crippen molar-refractivity contribution in [1.82, 2.24) is 9.80 Å². The van der Waals surface area contributed by atoms with Gasteiger partial charge in [0.2, 0.25) is 0 Å². The summed E-state index contributed by atoms with van der Waals surface area (Å²) < 4.78 is 0. The number of hydrogen-bond donors (Lipinski definition) is 2. The molecule has 0 spiro atoms. The van der Waals surface area contributed by atoms with Crippen LogP contribution in [-0.2, 0) is 4.79 Å². The van der Waals surface area contributed by atoms with Gasteiger partial charge in [0.25, 0.3) is 5.91 Å². The number of benzene rings is 1. The molecule has 6 heteroatoms. The molecule has 0 radical (unpaired) electrons. The summed E-state index contributed by atoms with van der Waals surface area (Å²) in [4.78, 5) is 26.9. The number of nitrogens with two attached hydrogens (primary N) is 1. The molecule has 2 rings (SSSR count). The van der Waals surface area contributed by atoms with Crippen LogP contribution in [0.1, 0.15) is 22.3 Å². The molecule has 0 unspecified atom stereocenters. The van der Waals surface area contributed by atoms with Crippen molar-refractivity contribution in [3.63, 3.8) is 0 Å². The summed E-state index contributed by atoms with van der Waals surface area (Å²) >= 11 is 0. The first kappa shape index (κ1) is 15.3. The zero-order valence-corrected chi connectivity index (χ0v) is 12.2. The molecule has 1 amide bonds. The molecule has 1 aromatic rings. The highest BCUT2D eigenvalue weighted by atomic mass is 16.4. The number of hydrogen-bond acceptors (Lipinski definition) is 4. The lowest BCUT2D eigenvalue weighted by Crippen LogP contribution is -2.49. The van der Waals surface area contributed by atoms with Crippen molar-refractivity contribution in [2.24, 2.45) is 0 Å². The molecule has 21 heavy (non-hydrogen) atoms. The Hall–Kier alpha value is -2.08. The molecular formula is C15H21N3O3. The first-order chi connectivity index (χ1) is 9.99. The summed E-state index contributed by atoms with van der Waals surface area (Å²) in [5.41, 5.74) is 7.93. The Balaban J connectivity index is 1.94. The fourth-order valence-electron chi connectivity index (χ4n) is 2.48. The van der Waals surface area contributed by atoms with Crippen LogP contribution in [0.25, 0.3) is 0 Å². The number of piperazine rings is 1. The van der Waals surface area contributed by atoms with E-state index in [0.717, 1.165) is 5.56 Å². The number of aliphatic carboxylic acids is 1. The van der Waals surface area contributed by atoms with Gasteiger partial charge >= 0.3 is 5.97 Å². The molecule has 114 valence electrons. The smallest absolute Gasteiger partial charge is 0.304 e. The molecule has 1 saturated heterocycles. The maximum atomic E-state index is 12.5. The molecule has 6 nitrogen and oxygen atoms in total. The molecule has 0 bridgehead atoms.